The lowest BCUT2D eigenvalue weighted by atomic mass is 9.98. The Labute approximate surface area is 233 Å². The lowest BCUT2D eigenvalue weighted by Crippen LogP contribution is -2.09. The number of aliphatic imine (C=N–C) groups is 1. The van der Waals surface area contributed by atoms with Crippen LogP contribution in [-0.2, 0) is 13.0 Å². The molecular formula is C27H25ClN8O2S. The average Bonchev–Trinajstić information content (AvgIpc) is 3.58. The number of aryl methyl sites for hydroxylation is 1. The van der Waals surface area contributed by atoms with Gasteiger partial charge in [0.15, 0.2) is 5.82 Å². The summed E-state index contributed by atoms with van der Waals surface area (Å²) in [5, 5.41) is 26.2. The van der Waals surface area contributed by atoms with E-state index in [0.29, 0.717) is 33.6 Å². The number of fused-ring (bicyclic) bond motifs is 1. The van der Waals surface area contributed by atoms with Crippen LogP contribution in [0.3, 0.4) is 0 Å². The van der Waals surface area contributed by atoms with Crippen LogP contribution >= 0.6 is 23.4 Å². The highest BCUT2D eigenvalue weighted by Gasteiger charge is 2.16. The van der Waals surface area contributed by atoms with Crippen molar-refractivity contribution in [2.45, 2.75) is 26.3 Å². The summed E-state index contributed by atoms with van der Waals surface area (Å²) >= 11 is 7.88. The SMILES string of the molecule is CCCc1nc2c(Cl)cc(N=C(C[N+](=O)[O-])SC)cc2n1Cc1ccc(-c2ccccc2-c2nnn[nH]2)cc1. The fourth-order valence-electron chi connectivity index (χ4n) is 4.46. The van der Waals surface area contributed by atoms with Gasteiger partial charge >= 0.3 is 0 Å². The Morgan fingerprint density at radius 3 is 2.59 bits per heavy atom. The van der Waals surface area contributed by atoms with Gasteiger partial charge in [-0.05, 0) is 51.9 Å². The Kier molecular flexibility index (Phi) is 7.99. The van der Waals surface area contributed by atoms with Gasteiger partial charge in [0.2, 0.25) is 0 Å². The largest absolute Gasteiger partial charge is 0.323 e. The molecule has 0 fully saturated rings. The quantitative estimate of drug-likeness (QED) is 0.0982. The molecule has 0 aliphatic carbocycles. The highest BCUT2D eigenvalue weighted by molar-refractivity contribution is 8.13. The molecule has 0 aliphatic heterocycles. The number of hydrogen-bond acceptors (Lipinski definition) is 8. The number of aromatic amines is 1. The Morgan fingerprint density at radius 2 is 1.92 bits per heavy atom. The van der Waals surface area contributed by atoms with Crippen LogP contribution < -0.4 is 0 Å². The summed E-state index contributed by atoms with van der Waals surface area (Å²) in [4.78, 5) is 20.0. The van der Waals surface area contributed by atoms with E-state index >= 15 is 0 Å². The molecule has 2 heterocycles. The first-order valence-corrected chi connectivity index (χ1v) is 13.9. The average molecular weight is 561 g/mol. The van der Waals surface area contributed by atoms with Gasteiger partial charge in [-0.1, -0.05) is 67.1 Å². The van der Waals surface area contributed by atoms with Crippen LogP contribution in [0.5, 0.6) is 0 Å². The second-order valence-electron chi connectivity index (χ2n) is 8.85. The zero-order valence-corrected chi connectivity index (χ0v) is 22.9. The molecule has 198 valence electrons. The van der Waals surface area contributed by atoms with Crippen LogP contribution in [-0.4, -0.2) is 52.9 Å². The summed E-state index contributed by atoms with van der Waals surface area (Å²) in [6.07, 6.45) is 3.49. The Morgan fingerprint density at radius 1 is 1.15 bits per heavy atom. The molecule has 0 aliphatic rings. The molecule has 0 saturated heterocycles. The minimum Gasteiger partial charge on any atom is -0.323 e. The zero-order chi connectivity index (χ0) is 27.4. The van der Waals surface area contributed by atoms with Gasteiger partial charge in [0.05, 0.1) is 16.2 Å². The van der Waals surface area contributed by atoms with E-state index in [0.717, 1.165) is 46.4 Å². The van der Waals surface area contributed by atoms with E-state index in [1.54, 1.807) is 12.3 Å². The smallest absolute Gasteiger partial charge is 0.251 e. The molecule has 2 aromatic heterocycles. The lowest BCUT2D eigenvalue weighted by Gasteiger charge is -2.12. The number of H-pyrrole nitrogens is 1. The van der Waals surface area contributed by atoms with E-state index in [2.05, 4.69) is 61.4 Å². The molecule has 0 saturated carbocycles. The molecule has 5 rings (SSSR count). The molecule has 0 spiro atoms. The molecule has 10 nitrogen and oxygen atoms in total. The van der Waals surface area contributed by atoms with Crippen LogP contribution in [0.1, 0.15) is 24.7 Å². The van der Waals surface area contributed by atoms with E-state index in [4.69, 9.17) is 16.6 Å². The van der Waals surface area contributed by atoms with Gasteiger partial charge in [-0.3, -0.25) is 10.1 Å². The minimum atomic E-state index is -0.385. The van der Waals surface area contributed by atoms with Crippen LogP contribution in [0.4, 0.5) is 5.69 Å². The Balaban J connectivity index is 1.51. The number of benzene rings is 3. The number of aromatic nitrogens is 6. The molecule has 0 amide bonds. The molecule has 0 unspecified atom stereocenters. The second kappa shape index (κ2) is 11.7. The maximum Gasteiger partial charge on any atom is 0.251 e. The molecule has 1 N–H and O–H groups in total. The normalized spacial score (nSPS) is 11.8. The lowest BCUT2D eigenvalue weighted by molar-refractivity contribution is -0.462. The molecule has 0 radical (unpaired) electrons. The summed E-state index contributed by atoms with van der Waals surface area (Å²) in [5.41, 5.74) is 6.20. The van der Waals surface area contributed by atoms with Crippen LogP contribution in [0, 0.1) is 10.1 Å². The van der Waals surface area contributed by atoms with Crippen molar-refractivity contribution in [1.82, 2.24) is 30.2 Å². The molecule has 3 aromatic carbocycles. The Bertz CT molecular complexity index is 1650. The number of tetrazole rings is 1. The van der Waals surface area contributed by atoms with Gasteiger partial charge in [0.25, 0.3) is 6.54 Å². The number of thioether (sulfide) groups is 1. The minimum absolute atomic E-state index is 0.334. The number of halogens is 1. The van der Waals surface area contributed by atoms with Crippen molar-refractivity contribution in [3.05, 3.63) is 87.2 Å². The molecular weight excluding hydrogens is 536 g/mol. The fraction of sp³-hybridized carbons (Fsp3) is 0.222. The predicted molar refractivity (Wildman–Crippen MR) is 155 cm³/mol. The highest BCUT2D eigenvalue weighted by Crippen LogP contribution is 2.33. The number of nitrogens with zero attached hydrogens (tertiary/aromatic N) is 7. The molecule has 0 bridgehead atoms. The van der Waals surface area contributed by atoms with Crippen molar-refractivity contribution in [2.75, 3.05) is 12.8 Å². The van der Waals surface area contributed by atoms with Crippen LogP contribution in [0.15, 0.2) is 65.7 Å². The van der Waals surface area contributed by atoms with E-state index in [-0.39, 0.29) is 11.5 Å². The molecule has 0 atom stereocenters. The summed E-state index contributed by atoms with van der Waals surface area (Å²) in [5.74, 6) is 1.54. The third kappa shape index (κ3) is 5.84. The third-order valence-electron chi connectivity index (χ3n) is 6.23. The van der Waals surface area contributed by atoms with Crippen molar-refractivity contribution in [3.63, 3.8) is 0 Å². The van der Waals surface area contributed by atoms with Gasteiger partial charge in [0.1, 0.15) is 16.4 Å². The van der Waals surface area contributed by atoms with E-state index in [1.165, 1.54) is 11.8 Å². The van der Waals surface area contributed by atoms with Gasteiger partial charge in [-0.15, -0.1) is 16.9 Å². The molecule has 12 heteroatoms. The van der Waals surface area contributed by atoms with Crippen LogP contribution in [0.25, 0.3) is 33.5 Å². The van der Waals surface area contributed by atoms with E-state index < -0.39 is 0 Å². The van der Waals surface area contributed by atoms with E-state index in [9.17, 15) is 10.1 Å². The number of imidazole rings is 1. The van der Waals surface area contributed by atoms with Gasteiger partial charge in [-0.2, -0.15) is 0 Å². The standard InChI is InChI=1S/C27H25ClN8O2S/c1-3-6-24-30-26-22(28)13-19(29-25(39-2)16-36(37)38)14-23(26)35(24)15-17-9-11-18(12-10-17)20-7-4-5-8-21(20)27-31-33-34-32-27/h4-5,7-14H,3,6,15-16H2,1-2H3,(H,31,32,33,34). The van der Waals surface area contributed by atoms with Gasteiger partial charge in [0, 0.05) is 23.5 Å². The first kappa shape index (κ1) is 26.5. The van der Waals surface area contributed by atoms with Crippen LogP contribution in [0.2, 0.25) is 5.02 Å². The van der Waals surface area contributed by atoms with Crippen molar-refractivity contribution in [2.24, 2.45) is 4.99 Å². The monoisotopic (exact) mass is 560 g/mol. The highest BCUT2D eigenvalue weighted by atomic mass is 35.5. The number of nitrogens with one attached hydrogen (secondary N) is 1. The fourth-order valence-corrected chi connectivity index (χ4v) is 5.14. The van der Waals surface area contributed by atoms with E-state index in [1.807, 2.05) is 30.3 Å². The van der Waals surface area contributed by atoms with Crippen molar-refractivity contribution < 1.29 is 4.92 Å². The second-order valence-corrected chi connectivity index (χ2v) is 10.1. The number of rotatable bonds is 9. The molecule has 5 aromatic rings. The maximum atomic E-state index is 11.0. The summed E-state index contributed by atoms with van der Waals surface area (Å²) in [6, 6.07) is 19.9. The van der Waals surface area contributed by atoms with Gasteiger partial charge < -0.3 is 4.57 Å². The topological polar surface area (TPSA) is 128 Å². The van der Waals surface area contributed by atoms with Crippen molar-refractivity contribution in [1.29, 1.82) is 0 Å². The number of hydrogen-bond donors (Lipinski definition) is 1. The van der Waals surface area contributed by atoms with Crippen molar-refractivity contribution >= 4 is 45.1 Å². The first-order chi connectivity index (χ1) is 19.0. The number of nitro groups is 1. The Hall–Kier alpha value is -4.09. The maximum absolute atomic E-state index is 11.0. The van der Waals surface area contributed by atoms with Gasteiger partial charge in [-0.25, -0.2) is 15.1 Å². The summed E-state index contributed by atoms with van der Waals surface area (Å²) in [6.45, 7) is 2.37. The summed E-state index contributed by atoms with van der Waals surface area (Å²) < 4.78 is 2.15. The summed E-state index contributed by atoms with van der Waals surface area (Å²) in [7, 11) is 0. The predicted octanol–water partition coefficient (Wildman–Crippen LogP) is 6.21. The molecule has 39 heavy (non-hydrogen) atoms. The third-order valence-corrected chi connectivity index (χ3v) is 7.21. The first-order valence-electron chi connectivity index (χ1n) is 12.3. The van der Waals surface area contributed by atoms with Crippen molar-refractivity contribution in [3.8, 4) is 22.5 Å². The zero-order valence-electron chi connectivity index (χ0n) is 21.3.